The average molecular weight is 271 g/mol. The van der Waals surface area contributed by atoms with Crippen molar-refractivity contribution in [1.29, 1.82) is 0 Å². The molecule has 0 spiro atoms. The standard InChI is InChI=1S/C15H13NO4/c17-13-11-8-4-5-9-12(11)15(19,16(20)14(13)18)10-6-2-1-3-7-10/h1-9,17-20H. The predicted molar refractivity (Wildman–Crippen MR) is 71.7 cm³/mol. The zero-order valence-corrected chi connectivity index (χ0v) is 10.4. The van der Waals surface area contributed by atoms with Crippen molar-refractivity contribution in [3.8, 4) is 0 Å². The van der Waals surface area contributed by atoms with Crippen LogP contribution >= 0.6 is 0 Å². The highest BCUT2D eigenvalue weighted by molar-refractivity contribution is 5.67. The van der Waals surface area contributed by atoms with Crippen molar-refractivity contribution in [3.63, 3.8) is 0 Å². The molecular formula is C15H13NO4. The Morgan fingerprint density at radius 3 is 2.15 bits per heavy atom. The summed E-state index contributed by atoms with van der Waals surface area (Å²) >= 11 is 0. The van der Waals surface area contributed by atoms with Gasteiger partial charge in [0.25, 0.3) is 5.88 Å². The van der Waals surface area contributed by atoms with Gasteiger partial charge >= 0.3 is 0 Å². The summed E-state index contributed by atoms with van der Waals surface area (Å²) in [6, 6.07) is 14.9. The highest BCUT2D eigenvalue weighted by Gasteiger charge is 2.46. The quantitative estimate of drug-likeness (QED) is 0.639. The maximum atomic E-state index is 10.9. The van der Waals surface area contributed by atoms with Crippen molar-refractivity contribution in [2.75, 3.05) is 0 Å². The van der Waals surface area contributed by atoms with Crippen LogP contribution in [0.25, 0.3) is 5.76 Å². The van der Waals surface area contributed by atoms with Gasteiger partial charge in [0.1, 0.15) is 0 Å². The molecule has 0 saturated carbocycles. The van der Waals surface area contributed by atoms with E-state index in [1.807, 2.05) is 0 Å². The summed E-state index contributed by atoms with van der Waals surface area (Å²) in [5.41, 5.74) is -1.05. The molecule has 1 aliphatic heterocycles. The van der Waals surface area contributed by atoms with Crippen molar-refractivity contribution in [2.24, 2.45) is 0 Å². The van der Waals surface area contributed by atoms with Gasteiger partial charge in [0, 0.05) is 16.7 Å². The maximum Gasteiger partial charge on any atom is 0.258 e. The van der Waals surface area contributed by atoms with E-state index in [2.05, 4.69) is 0 Å². The third-order valence-electron chi connectivity index (χ3n) is 3.45. The van der Waals surface area contributed by atoms with Gasteiger partial charge in [-0.25, -0.2) is 0 Å². The number of aliphatic hydroxyl groups is 3. The second-order valence-electron chi connectivity index (χ2n) is 4.57. The Bertz CT molecular complexity index is 683. The van der Waals surface area contributed by atoms with E-state index in [4.69, 9.17) is 0 Å². The molecule has 4 N–H and O–H groups in total. The third kappa shape index (κ3) is 1.51. The first-order valence-electron chi connectivity index (χ1n) is 6.06. The van der Waals surface area contributed by atoms with E-state index in [0.717, 1.165) is 0 Å². The molecule has 1 unspecified atom stereocenters. The summed E-state index contributed by atoms with van der Waals surface area (Å²) in [5.74, 6) is -1.28. The fourth-order valence-electron chi connectivity index (χ4n) is 2.43. The average Bonchev–Trinajstić information content (AvgIpc) is 2.51. The van der Waals surface area contributed by atoms with Crippen molar-refractivity contribution in [1.82, 2.24) is 5.06 Å². The molecule has 3 rings (SSSR count). The first-order valence-corrected chi connectivity index (χ1v) is 6.06. The van der Waals surface area contributed by atoms with E-state index in [0.29, 0.717) is 5.56 Å². The summed E-state index contributed by atoms with van der Waals surface area (Å²) in [7, 11) is 0. The lowest BCUT2D eigenvalue weighted by Crippen LogP contribution is -2.47. The van der Waals surface area contributed by atoms with Crippen molar-refractivity contribution in [3.05, 3.63) is 77.2 Å². The number of hydrogen-bond donors (Lipinski definition) is 4. The fraction of sp³-hybridized carbons (Fsp3) is 0.0667. The summed E-state index contributed by atoms with van der Waals surface area (Å²) in [6.07, 6.45) is 0. The SMILES string of the molecule is OC1=C(O)N(O)C(O)(c2ccccc2)c2ccccc21. The maximum absolute atomic E-state index is 10.9. The van der Waals surface area contributed by atoms with Gasteiger partial charge in [0.05, 0.1) is 0 Å². The lowest BCUT2D eigenvalue weighted by molar-refractivity contribution is -0.247. The molecule has 20 heavy (non-hydrogen) atoms. The lowest BCUT2D eigenvalue weighted by atomic mass is 9.87. The van der Waals surface area contributed by atoms with Crippen molar-refractivity contribution < 1.29 is 20.5 Å². The van der Waals surface area contributed by atoms with Crippen LogP contribution in [0.3, 0.4) is 0 Å². The van der Waals surface area contributed by atoms with Crippen LogP contribution in [0, 0.1) is 0 Å². The van der Waals surface area contributed by atoms with E-state index in [1.165, 1.54) is 0 Å². The number of hydrogen-bond acceptors (Lipinski definition) is 5. The summed E-state index contributed by atoms with van der Waals surface area (Å²) in [4.78, 5) is 0. The van der Waals surface area contributed by atoms with Gasteiger partial charge < -0.3 is 15.3 Å². The smallest absolute Gasteiger partial charge is 0.258 e. The van der Waals surface area contributed by atoms with Crippen LogP contribution in [-0.4, -0.2) is 25.6 Å². The van der Waals surface area contributed by atoms with Gasteiger partial charge in [-0.1, -0.05) is 54.6 Å². The third-order valence-corrected chi connectivity index (χ3v) is 3.45. The minimum Gasteiger partial charge on any atom is -0.503 e. The molecule has 102 valence electrons. The minimum atomic E-state index is -1.96. The van der Waals surface area contributed by atoms with E-state index < -0.39 is 17.4 Å². The van der Waals surface area contributed by atoms with E-state index in [1.54, 1.807) is 54.6 Å². The van der Waals surface area contributed by atoms with E-state index >= 15 is 0 Å². The predicted octanol–water partition coefficient (Wildman–Crippen LogP) is 2.33. The van der Waals surface area contributed by atoms with Crippen LogP contribution in [0.15, 0.2) is 60.5 Å². The Hall–Kier alpha value is -2.50. The van der Waals surface area contributed by atoms with Crippen LogP contribution in [0.2, 0.25) is 0 Å². The van der Waals surface area contributed by atoms with Crippen LogP contribution < -0.4 is 0 Å². The van der Waals surface area contributed by atoms with Crippen molar-refractivity contribution in [2.45, 2.75) is 5.72 Å². The molecule has 1 heterocycles. The zero-order chi connectivity index (χ0) is 14.3. The molecule has 5 heteroatoms. The number of fused-ring (bicyclic) bond motifs is 1. The molecule has 1 atom stereocenters. The number of benzene rings is 2. The summed E-state index contributed by atoms with van der Waals surface area (Å²) in [6.45, 7) is 0. The number of nitrogens with zero attached hydrogens (tertiary/aromatic N) is 1. The lowest BCUT2D eigenvalue weighted by Gasteiger charge is -2.40. The van der Waals surface area contributed by atoms with Gasteiger partial charge in [-0.2, -0.15) is 5.06 Å². The second kappa shape index (κ2) is 4.26. The topological polar surface area (TPSA) is 84.2 Å². The molecule has 2 aromatic rings. The molecule has 2 aromatic carbocycles. The molecule has 1 aliphatic rings. The molecule has 0 aliphatic carbocycles. The zero-order valence-electron chi connectivity index (χ0n) is 10.4. The number of rotatable bonds is 1. The molecule has 0 fully saturated rings. The Kier molecular flexibility index (Phi) is 2.67. The van der Waals surface area contributed by atoms with Gasteiger partial charge in [-0.15, -0.1) is 0 Å². The first kappa shape index (κ1) is 12.5. The Morgan fingerprint density at radius 1 is 0.850 bits per heavy atom. The molecule has 0 aromatic heterocycles. The van der Waals surface area contributed by atoms with Crippen LogP contribution in [-0.2, 0) is 5.72 Å². The molecular weight excluding hydrogens is 258 g/mol. The van der Waals surface area contributed by atoms with Gasteiger partial charge in [-0.05, 0) is 0 Å². The Morgan fingerprint density at radius 2 is 1.45 bits per heavy atom. The van der Waals surface area contributed by atoms with Gasteiger partial charge in [-0.3, -0.25) is 5.21 Å². The molecule has 0 bridgehead atoms. The monoisotopic (exact) mass is 271 g/mol. The largest absolute Gasteiger partial charge is 0.503 e. The fourth-order valence-corrected chi connectivity index (χ4v) is 2.43. The van der Waals surface area contributed by atoms with E-state index in [-0.39, 0.29) is 16.2 Å². The number of aliphatic hydroxyl groups excluding tert-OH is 2. The first-order chi connectivity index (χ1) is 9.56. The minimum absolute atomic E-state index is 0.264. The van der Waals surface area contributed by atoms with Gasteiger partial charge in [0.2, 0.25) is 5.72 Å². The molecule has 0 radical (unpaired) electrons. The van der Waals surface area contributed by atoms with Crippen LogP contribution in [0.5, 0.6) is 0 Å². The Labute approximate surface area is 115 Å². The normalized spacial score (nSPS) is 21.8. The van der Waals surface area contributed by atoms with Crippen LogP contribution in [0.1, 0.15) is 16.7 Å². The molecule has 5 nitrogen and oxygen atoms in total. The highest BCUT2D eigenvalue weighted by Crippen LogP contribution is 2.42. The second-order valence-corrected chi connectivity index (χ2v) is 4.57. The van der Waals surface area contributed by atoms with Crippen molar-refractivity contribution >= 4 is 5.76 Å². The highest BCUT2D eigenvalue weighted by atomic mass is 16.6. The van der Waals surface area contributed by atoms with Gasteiger partial charge in [0.15, 0.2) is 5.76 Å². The van der Waals surface area contributed by atoms with E-state index in [9.17, 15) is 20.5 Å². The Balaban J connectivity index is 2.32. The summed E-state index contributed by atoms with van der Waals surface area (Å²) < 4.78 is 0. The molecule has 0 amide bonds. The molecule has 0 saturated heterocycles. The summed E-state index contributed by atoms with van der Waals surface area (Å²) in [5, 5.41) is 41.0. The number of hydroxylamine groups is 2. The van der Waals surface area contributed by atoms with Crippen LogP contribution in [0.4, 0.5) is 0 Å².